The molecule has 0 spiro atoms. The summed E-state index contributed by atoms with van der Waals surface area (Å²) in [5.41, 5.74) is 3.24. The lowest BCUT2D eigenvalue weighted by atomic mass is 10.2. The summed E-state index contributed by atoms with van der Waals surface area (Å²) in [4.78, 5) is 16.1. The summed E-state index contributed by atoms with van der Waals surface area (Å²) in [7, 11) is 0. The van der Waals surface area contributed by atoms with E-state index in [4.69, 9.17) is 14.1 Å². The molecule has 7 nitrogen and oxygen atoms in total. The van der Waals surface area contributed by atoms with Gasteiger partial charge in [-0.25, -0.2) is 10.4 Å². The zero-order valence-electron chi connectivity index (χ0n) is 11.5. The van der Waals surface area contributed by atoms with E-state index < -0.39 is 0 Å². The van der Waals surface area contributed by atoms with Crippen molar-refractivity contribution < 1.29 is 8.83 Å². The minimum atomic E-state index is -0.193. The Morgan fingerprint density at radius 2 is 2.23 bits per heavy atom. The van der Waals surface area contributed by atoms with Gasteiger partial charge in [0.2, 0.25) is 11.1 Å². The topological polar surface area (TPSA) is 104 Å². The van der Waals surface area contributed by atoms with E-state index in [1.807, 2.05) is 6.07 Å². The number of fused-ring (bicyclic) bond motifs is 1. The van der Waals surface area contributed by atoms with Gasteiger partial charge in [-0.1, -0.05) is 12.1 Å². The Kier molecular flexibility index (Phi) is 3.42. The molecule has 0 fully saturated rings. The minimum Gasteiger partial charge on any atom is -0.463 e. The maximum Gasteiger partial charge on any atom is 0.252 e. The lowest BCUT2D eigenvalue weighted by Gasteiger charge is -1.97. The average molecular weight is 294 g/mol. The molecule has 108 valence electrons. The fourth-order valence-electron chi connectivity index (χ4n) is 1.92. The van der Waals surface area contributed by atoms with Crippen molar-refractivity contribution in [1.29, 1.82) is 5.26 Å². The van der Waals surface area contributed by atoms with Crippen LogP contribution < -0.4 is 10.9 Å². The van der Waals surface area contributed by atoms with E-state index in [0.29, 0.717) is 16.9 Å². The molecular weight excluding hydrogens is 284 g/mol. The Morgan fingerprint density at radius 3 is 3.05 bits per heavy atom. The molecule has 3 aromatic rings. The second-order valence-electron chi connectivity index (χ2n) is 4.41. The molecule has 0 saturated carbocycles. The van der Waals surface area contributed by atoms with Gasteiger partial charge in [-0.05, 0) is 12.1 Å². The molecule has 0 radical (unpaired) electrons. The highest BCUT2D eigenvalue weighted by molar-refractivity contribution is 5.86. The van der Waals surface area contributed by atoms with Crippen LogP contribution in [0.3, 0.4) is 0 Å². The van der Waals surface area contributed by atoms with E-state index in [0.717, 1.165) is 0 Å². The number of aromatic nitrogens is 1. The van der Waals surface area contributed by atoms with Crippen molar-refractivity contribution in [2.24, 2.45) is 5.10 Å². The summed E-state index contributed by atoms with van der Waals surface area (Å²) >= 11 is 0. The Balaban J connectivity index is 1.88. The van der Waals surface area contributed by atoms with Crippen LogP contribution in [0.4, 0.5) is 5.88 Å². The van der Waals surface area contributed by atoms with E-state index in [-0.39, 0.29) is 22.6 Å². The Hall–Kier alpha value is -3.40. The second-order valence-corrected chi connectivity index (χ2v) is 4.41. The molecule has 0 aliphatic rings. The standard InChI is InChI=1S/C15H10N4O3/c1-9-18-12(6-16)15(22-9)19-17-7-10-8-21-13-5-3-2-4-11(13)14(10)20/h2-5,7-8,19H,1H3/b17-7-. The Bertz CT molecular complexity index is 963. The first-order valence-electron chi connectivity index (χ1n) is 6.36. The van der Waals surface area contributed by atoms with Crippen molar-refractivity contribution in [2.75, 3.05) is 5.43 Å². The third-order valence-corrected chi connectivity index (χ3v) is 2.92. The van der Waals surface area contributed by atoms with Gasteiger partial charge in [0, 0.05) is 6.92 Å². The van der Waals surface area contributed by atoms with Crippen molar-refractivity contribution >= 4 is 23.1 Å². The molecule has 3 rings (SSSR count). The summed E-state index contributed by atoms with van der Waals surface area (Å²) in [6.07, 6.45) is 2.63. The molecule has 2 aromatic heterocycles. The first kappa shape index (κ1) is 13.6. The first-order valence-corrected chi connectivity index (χ1v) is 6.36. The predicted octanol–water partition coefficient (Wildman–Crippen LogP) is 2.41. The fourth-order valence-corrected chi connectivity index (χ4v) is 1.92. The van der Waals surface area contributed by atoms with Gasteiger partial charge in [0.1, 0.15) is 17.9 Å². The highest BCUT2D eigenvalue weighted by Crippen LogP contribution is 2.15. The van der Waals surface area contributed by atoms with Gasteiger partial charge < -0.3 is 8.83 Å². The van der Waals surface area contributed by atoms with Crippen LogP contribution in [0.5, 0.6) is 0 Å². The number of nitriles is 1. The summed E-state index contributed by atoms with van der Waals surface area (Å²) < 4.78 is 10.6. The van der Waals surface area contributed by atoms with Crippen LogP contribution in [0.1, 0.15) is 17.1 Å². The fraction of sp³-hybridized carbons (Fsp3) is 0.0667. The number of para-hydroxylation sites is 1. The summed E-state index contributed by atoms with van der Waals surface area (Å²) in [6.45, 7) is 1.62. The van der Waals surface area contributed by atoms with Crippen molar-refractivity contribution in [3.05, 3.63) is 57.9 Å². The van der Waals surface area contributed by atoms with Crippen LogP contribution >= 0.6 is 0 Å². The zero-order valence-corrected chi connectivity index (χ0v) is 11.5. The first-order chi connectivity index (χ1) is 10.7. The number of benzene rings is 1. The molecule has 0 bridgehead atoms. The maximum absolute atomic E-state index is 12.2. The van der Waals surface area contributed by atoms with Gasteiger partial charge in [0.25, 0.3) is 5.88 Å². The van der Waals surface area contributed by atoms with E-state index in [2.05, 4.69) is 15.5 Å². The number of hydrogen-bond donors (Lipinski definition) is 1. The van der Waals surface area contributed by atoms with Gasteiger partial charge in [0.05, 0.1) is 17.2 Å². The van der Waals surface area contributed by atoms with Crippen LogP contribution in [0.25, 0.3) is 11.0 Å². The number of rotatable bonds is 3. The smallest absolute Gasteiger partial charge is 0.252 e. The average Bonchev–Trinajstić information content (AvgIpc) is 2.90. The number of nitrogens with one attached hydrogen (secondary N) is 1. The molecule has 0 amide bonds. The molecule has 22 heavy (non-hydrogen) atoms. The molecule has 7 heteroatoms. The van der Waals surface area contributed by atoms with E-state index in [1.54, 1.807) is 31.2 Å². The van der Waals surface area contributed by atoms with Crippen LogP contribution in [-0.2, 0) is 0 Å². The van der Waals surface area contributed by atoms with E-state index in [9.17, 15) is 4.79 Å². The number of hydrazone groups is 1. The molecule has 0 aliphatic heterocycles. The molecular formula is C15H10N4O3. The molecule has 0 aliphatic carbocycles. The molecule has 2 heterocycles. The van der Waals surface area contributed by atoms with Crippen LogP contribution in [0.15, 0.2) is 49.3 Å². The predicted molar refractivity (Wildman–Crippen MR) is 79.7 cm³/mol. The summed E-state index contributed by atoms with van der Waals surface area (Å²) in [5.74, 6) is 0.473. The van der Waals surface area contributed by atoms with Crippen LogP contribution in [0.2, 0.25) is 0 Å². The summed E-state index contributed by atoms with van der Waals surface area (Å²) in [5, 5.41) is 13.2. The molecule has 0 atom stereocenters. The van der Waals surface area contributed by atoms with Gasteiger partial charge >= 0.3 is 0 Å². The van der Waals surface area contributed by atoms with Crippen molar-refractivity contribution in [3.8, 4) is 6.07 Å². The number of anilines is 1. The third kappa shape index (κ3) is 2.45. The number of oxazole rings is 1. The normalized spacial score (nSPS) is 10.9. The van der Waals surface area contributed by atoms with Gasteiger partial charge in [-0.15, -0.1) is 0 Å². The van der Waals surface area contributed by atoms with Crippen LogP contribution in [0, 0.1) is 18.3 Å². The lowest BCUT2D eigenvalue weighted by Crippen LogP contribution is -2.08. The lowest BCUT2D eigenvalue weighted by molar-refractivity contribution is 0.533. The maximum atomic E-state index is 12.2. The van der Waals surface area contributed by atoms with E-state index in [1.165, 1.54) is 12.5 Å². The third-order valence-electron chi connectivity index (χ3n) is 2.92. The number of nitrogens with zero attached hydrogens (tertiary/aromatic N) is 3. The highest BCUT2D eigenvalue weighted by atomic mass is 16.4. The molecule has 1 N–H and O–H groups in total. The minimum absolute atomic E-state index is 0.0974. The Labute approximate surface area is 124 Å². The zero-order chi connectivity index (χ0) is 15.5. The largest absolute Gasteiger partial charge is 0.463 e. The Morgan fingerprint density at radius 1 is 1.41 bits per heavy atom. The number of hydrogen-bond acceptors (Lipinski definition) is 7. The number of aryl methyl sites for hydroxylation is 1. The SMILES string of the molecule is Cc1nc(C#N)c(N/N=C\c2coc3ccccc3c2=O)o1. The highest BCUT2D eigenvalue weighted by Gasteiger charge is 2.09. The monoisotopic (exact) mass is 294 g/mol. The second kappa shape index (κ2) is 5.54. The van der Waals surface area contributed by atoms with Gasteiger partial charge in [-0.2, -0.15) is 10.4 Å². The summed E-state index contributed by atoms with van der Waals surface area (Å²) in [6, 6.07) is 8.82. The molecule has 0 unspecified atom stereocenters. The quantitative estimate of drug-likeness (QED) is 0.587. The van der Waals surface area contributed by atoms with Crippen molar-refractivity contribution in [2.45, 2.75) is 6.92 Å². The molecule has 0 saturated heterocycles. The molecule has 1 aromatic carbocycles. The van der Waals surface area contributed by atoms with Gasteiger partial charge in [-0.3, -0.25) is 4.79 Å². The van der Waals surface area contributed by atoms with Crippen LogP contribution in [-0.4, -0.2) is 11.2 Å². The van der Waals surface area contributed by atoms with Gasteiger partial charge in [0.15, 0.2) is 5.89 Å². The van der Waals surface area contributed by atoms with Crippen molar-refractivity contribution in [3.63, 3.8) is 0 Å². The van der Waals surface area contributed by atoms with E-state index >= 15 is 0 Å². The van der Waals surface area contributed by atoms with Crippen molar-refractivity contribution in [1.82, 2.24) is 4.98 Å².